The topological polar surface area (TPSA) is 124 Å². The minimum atomic E-state index is -1.04. The van der Waals surface area contributed by atoms with Crippen molar-refractivity contribution in [1.29, 1.82) is 0 Å². The van der Waals surface area contributed by atoms with Crippen molar-refractivity contribution in [2.75, 3.05) is 5.32 Å². The number of hydrogen-bond acceptors (Lipinski definition) is 6. The number of aromatic nitrogens is 2. The minimum absolute atomic E-state index is 0.00475. The van der Waals surface area contributed by atoms with E-state index in [1.165, 1.54) is 4.68 Å². The van der Waals surface area contributed by atoms with Gasteiger partial charge < -0.3 is 10.1 Å². The molecule has 0 bridgehead atoms. The fourth-order valence-electron chi connectivity index (χ4n) is 3.69. The Kier molecular flexibility index (Phi) is 8.21. The number of ether oxygens (including phenoxy) is 1. The summed E-state index contributed by atoms with van der Waals surface area (Å²) in [5.41, 5.74) is 4.24. The first-order valence-electron chi connectivity index (χ1n) is 11.7. The highest BCUT2D eigenvalue weighted by Gasteiger charge is 2.21. The van der Waals surface area contributed by atoms with E-state index in [1.54, 1.807) is 98.4 Å². The van der Waals surface area contributed by atoms with Crippen molar-refractivity contribution in [2.24, 2.45) is 12.1 Å². The molecule has 3 aromatic carbocycles. The van der Waals surface area contributed by atoms with Gasteiger partial charge in [-0.25, -0.2) is 14.9 Å². The molecule has 0 radical (unpaired) electrons. The van der Waals surface area contributed by atoms with Crippen molar-refractivity contribution in [3.63, 3.8) is 0 Å². The lowest BCUT2D eigenvalue weighted by Crippen LogP contribution is -2.34. The molecule has 0 aliphatic heterocycles. The summed E-state index contributed by atoms with van der Waals surface area (Å²) >= 11 is 3.32. The molecule has 0 unspecified atom stereocenters. The maximum absolute atomic E-state index is 12.9. The average Bonchev–Trinajstić information content (AvgIpc) is 3.15. The van der Waals surface area contributed by atoms with Crippen molar-refractivity contribution in [2.45, 2.75) is 13.8 Å². The Labute approximate surface area is 232 Å². The van der Waals surface area contributed by atoms with Crippen LogP contribution in [-0.2, 0) is 16.6 Å². The molecular formula is C28H24BrN5O5. The average molecular weight is 590 g/mol. The molecule has 0 spiro atoms. The van der Waals surface area contributed by atoms with Crippen LogP contribution in [0.4, 0.5) is 5.69 Å². The lowest BCUT2D eigenvalue weighted by molar-refractivity contribution is -0.136. The van der Waals surface area contributed by atoms with Crippen LogP contribution in [0.5, 0.6) is 5.75 Å². The number of esters is 1. The first-order valence-corrected chi connectivity index (χ1v) is 12.5. The van der Waals surface area contributed by atoms with Crippen LogP contribution in [0.3, 0.4) is 0 Å². The number of carbonyl (C=O) groups is 3. The van der Waals surface area contributed by atoms with Crippen molar-refractivity contribution >= 4 is 45.1 Å². The van der Waals surface area contributed by atoms with Crippen LogP contribution in [0.2, 0.25) is 0 Å². The molecule has 11 heteroatoms. The summed E-state index contributed by atoms with van der Waals surface area (Å²) in [5.74, 6) is -2.26. The molecule has 0 fully saturated rings. The van der Waals surface area contributed by atoms with Gasteiger partial charge in [0.05, 0.1) is 22.7 Å². The molecule has 10 nitrogen and oxygen atoms in total. The maximum atomic E-state index is 12.9. The number of rotatable bonds is 6. The first-order chi connectivity index (χ1) is 18.7. The van der Waals surface area contributed by atoms with Gasteiger partial charge in [0.25, 0.3) is 5.56 Å². The third-order valence-electron chi connectivity index (χ3n) is 5.90. The SMILES string of the molecule is CC(=NNC(=O)C(=O)Nc1c(C)n(C)n(-c2ccccc2)c1=O)c1ccc(OC(=O)c2ccccc2Br)cc1. The molecule has 4 aromatic rings. The quantitative estimate of drug-likeness (QED) is 0.116. The van der Waals surface area contributed by atoms with Crippen LogP contribution >= 0.6 is 15.9 Å². The summed E-state index contributed by atoms with van der Waals surface area (Å²) in [6, 6.07) is 22.4. The van der Waals surface area contributed by atoms with Gasteiger partial charge in [-0.1, -0.05) is 30.3 Å². The molecule has 0 saturated carbocycles. The number of para-hydroxylation sites is 1. The van der Waals surface area contributed by atoms with Gasteiger partial charge in [0, 0.05) is 11.5 Å². The summed E-state index contributed by atoms with van der Waals surface area (Å²) in [6.45, 7) is 3.30. The third-order valence-corrected chi connectivity index (χ3v) is 6.59. The zero-order valence-electron chi connectivity index (χ0n) is 21.3. The zero-order chi connectivity index (χ0) is 28.1. The second kappa shape index (κ2) is 11.7. The number of amides is 2. The maximum Gasteiger partial charge on any atom is 0.344 e. The standard InChI is InChI=1S/C28H24BrN5O5/c1-17(19-13-15-21(16-14-19)39-28(38)22-11-7-8-12-23(22)29)31-32-26(36)25(35)30-24-18(2)33(3)34(27(24)37)20-9-5-4-6-10-20/h4-16H,1-3H3,(H,30,35)(H,32,36). The molecule has 0 saturated heterocycles. The first kappa shape index (κ1) is 27.3. The molecule has 2 N–H and O–H groups in total. The molecule has 0 atom stereocenters. The van der Waals surface area contributed by atoms with E-state index in [2.05, 4.69) is 31.8 Å². The van der Waals surface area contributed by atoms with Crippen LogP contribution in [-0.4, -0.2) is 32.9 Å². The van der Waals surface area contributed by atoms with Gasteiger partial charge >= 0.3 is 17.8 Å². The Balaban J connectivity index is 1.39. The number of hydrogen-bond donors (Lipinski definition) is 2. The van der Waals surface area contributed by atoms with Gasteiger partial charge in [0.15, 0.2) is 0 Å². The molecule has 4 rings (SSSR count). The van der Waals surface area contributed by atoms with E-state index in [1.807, 2.05) is 6.07 Å². The Morgan fingerprint density at radius 1 is 0.897 bits per heavy atom. The van der Waals surface area contributed by atoms with Crippen molar-refractivity contribution < 1.29 is 19.1 Å². The van der Waals surface area contributed by atoms with Crippen molar-refractivity contribution in [3.05, 3.63) is 111 Å². The molecule has 0 aliphatic rings. The van der Waals surface area contributed by atoms with Gasteiger partial charge in [0.2, 0.25) is 0 Å². The Hall–Kier alpha value is -4.77. The highest BCUT2D eigenvalue weighted by Crippen LogP contribution is 2.20. The number of nitrogens with zero attached hydrogens (tertiary/aromatic N) is 3. The molecule has 39 heavy (non-hydrogen) atoms. The molecule has 198 valence electrons. The van der Waals surface area contributed by atoms with Crippen LogP contribution < -0.4 is 21.0 Å². The van der Waals surface area contributed by atoms with E-state index in [0.29, 0.717) is 38.4 Å². The summed E-state index contributed by atoms with van der Waals surface area (Å²) < 4.78 is 9.01. The number of carbonyl (C=O) groups excluding carboxylic acids is 3. The molecule has 1 heterocycles. The van der Waals surface area contributed by atoms with E-state index in [9.17, 15) is 19.2 Å². The second-order valence-corrected chi connectivity index (χ2v) is 9.28. The molecule has 0 aliphatic carbocycles. The predicted octanol–water partition coefficient (Wildman–Crippen LogP) is 3.95. The van der Waals surface area contributed by atoms with Crippen LogP contribution in [0.1, 0.15) is 28.5 Å². The third kappa shape index (κ3) is 6.04. The Bertz CT molecular complexity index is 1640. The van der Waals surface area contributed by atoms with Crippen LogP contribution in [0.25, 0.3) is 5.69 Å². The van der Waals surface area contributed by atoms with Gasteiger partial charge in [-0.3, -0.25) is 19.1 Å². The van der Waals surface area contributed by atoms with Crippen LogP contribution in [0, 0.1) is 6.92 Å². The number of benzene rings is 3. The van der Waals surface area contributed by atoms with E-state index in [4.69, 9.17) is 4.74 Å². The smallest absolute Gasteiger partial charge is 0.344 e. The largest absolute Gasteiger partial charge is 0.423 e. The second-order valence-electron chi connectivity index (χ2n) is 8.42. The van der Waals surface area contributed by atoms with Crippen molar-refractivity contribution in [1.82, 2.24) is 14.8 Å². The fourth-order valence-corrected chi connectivity index (χ4v) is 4.13. The fraction of sp³-hybridized carbons (Fsp3) is 0.107. The summed E-state index contributed by atoms with van der Waals surface area (Å²) in [7, 11) is 1.68. The predicted molar refractivity (Wildman–Crippen MR) is 150 cm³/mol. The van der Waals surface area contributed by atoms with E-state index >= 15 is 0 Å². The van der Waals surface area contributed by atoms with Gasteiger partial charge in [0.1, 0.15) is 11.4 Å². The van der Waals surface area contributed by atoms with Crippen LogP contribution in [0.15, 0.2) is 93.2 Å². The summed E-state index contributed by atoms with van der Waals surface area (Å²) in [5, 5.41) is 6.37. The lowest BCUT2D eigenvalue weighted by atomic mass is 10.1. The van der Waals surface area contributed by atoms with E-state index in [-0.39, 0.29) is 5.69 Å². The van der Waals surface area contributed by atoms with Gasteiger partial charge in [-0.05, 0) is 83.9 Å². The summed E-state index contributed by atoms with van der Waals surface area (Å²) in [6.07, 6.45) is 0. The Morgan fingerprint density at radius 3 is 2.21 bits per heavy atom. The molecule has 1 aromatic heterocycles. The van der Waals surface area contributed by atoms with Crippen molar-refractivity contribution in [3.8, 4) is 11.4 Å². The van der Waals surface area contributed by atoms with Gasteiger partial charge in [-0.2, -0.15) is 5.10 Å². The molecular weight excluding hydrogens is 566 g/mol. The lowest BCUT2D eigenvalue weighted by Gasteiger charge is -2.07. The summed E-state index contributed by atoms with van der Waals surface area (Å²) in [4.78, 5) is 50.2. The number of hydrazone groups is 1. The number of halogens is 1. The number of anilines is 1. The monoisotopic (exact) mass is 589 g/mol. The highest BCUT2D eigenvalue weighted by molar-refractivity contribution is 9.10. The number of nitrogens with one attached hydrogen (secondary N) is 2. The van der Waals surface area contributed by atoms with E-state index in [0.717, 1.165) is 0 Å². The van der Waals surface area contributed by atoms with Gasteiger partial charge in [-0.15, -0.1) is 0 Å². The normalized spacial score (nSPS) is 11.1. The minimum Gasteiger partial charge on any atom is -0.423 e. The van der Waals surface area contributed by atoms with E-state index < -0.39 is 23.3 Å². The Morgan fingerprint density at radius 2 is 1.54 bits per heavy atom. The molecule has 2 amide bonds. The zero-order valence-corrected chi connectivity index (χ0v) is 22.9. The highest BCUT2D eigenvalue weighted by atomic mass is 79.9.